The molecule has 69 valence electrons. The topological polar surface area (TPSA) is 3.24 Å². The second-order valence-corrected chi connectivity index (χ2v) is 2.86. The third-order valence-electron chi connectivity index (χ3n) is 1.67. The van der Waals surface area contributed by atoms with Gasteiger partial charge in [-0.1, -0.05) is 31.9 Å². The van der Waals surface area contributed by atoms with E-state index >= 15 is 0 Å². The van der Waals surface area contributed by atoms with Gasteiger partial charge in [-0.3, -0.25) is 4.90 Å². The van der Waals surface area contributed by atoms with Gasteiger partial charge in [0.05, 0.1) is 0 Å². The lowest BCUT2D eigenvalue weighted by atomic mass is 10.2. The third kappa shape index (κ3) is 6.17. The SMILES string of the molecule is C=CCN([CH]CCCC)CC=C. The largest absolute Gasteiger partial charge is 0.292 e. The van der Waals surface area contributed by atoms with Crippen LogP contribution in [0.5, 0.6) is 0 Å². The first-order valence-electron chi connectivity index (χ1n) is 4.64. The maximum atomic E-state index is 3.72. The molecule has 0 N–H and O–H groups in total. The fraction of sp³-hybridized carbons (Fsp3) is 0.545. The van der Waals surface area contributed by atoms with Gasteiger partial charge < -0.3 is 0 Å². The van der Waals surface area contributed by atoms with E-state index in [2.05, 4.69) is 31.5 Å². The van der Waals surface area contributed by atoms with Gasteiger partial charge in [0, 0.05) is 19.6 Å². The molecule has 0 heterocycles. The van der Waals surface area contributed by atoms with Crippen molar-refractivity contribution in [1.29, 1.82) is 0 Å². The van der Waals surface area contributed by atoms with Crippen LogP contribution in [0.25, 0.3) is 0 Å². The quantitative estimate of drug-likeness (QED) is 0.396. The van der Waals surface area contributed by atoms with Gasteiger partial charge in [0.15, 0.2) is 0 Å². The van der Waals surface area contributed by atoms with E-state index < -0.39 is 0 Å². The van der Waals surface area contributed by atoms with Crippen molar-refractivity contribution in [2.45, 2.75) is 26.2 Å². The monoisotopic (exact) mass is 166 g/mol. The van der Waals surface area contributed by atoms with E-state index in [1.54, 1.807) is 0 Å². The zero-order valence-corrected chi connectivity index (χ0v) is 8.13. The van der Waals surface area contributed by atoms with Crippen LogP contribution in [0, 0.1) is 6.54 Å². The van der Waals surface area contributed by atoms with Gasteiger partial charge in [0.2, 0.25) is 0 Å². The molecule has 1 nitrogen and oxygen atoms in total. The summed E-state index contributed by atoms with van der Waals surface area (Å²) >= 11 is 0. The molecule has 0 aromatic rings. The van der Waals surface area contributed by atoms with Gasteiger partial charge in [0.25, 0.3) is 0 Å². The lowest BCUT2D eigenvalue weighted by molar-refractivity contribution is 0.390. The molecule has 0 aromatic carbocycles. The third-order valence-corrected chi connectivity index (χ3v) is 1.67. The smallest absolute Gasteiger partial charge is 0.0258 e. The summed E-state index contributed by atoms with van der Waals surface area (Å²) in [5, 5.41) is 0. The molecule has 0 saturated heterocycles. The highest BCUT2D eigenvalue weighted by Crippen LogP contribution is 2.02. The van der Waals surface area contributed by atoms with Crippen molar-refractivity contribution in [2.75, 3.05) is 13.1 Å². The Balaban J connectivity index is 3.47. The highest BCUT2D eigenvalue weighted by atomic mass is 15.1. The zero-order valence-electron chi connectivity index (χ0n) is 8.13. The molecule has 0 unspecified atom stereocenters. The molecule has 1 radical (unpaired) electrons. The lowest BCUT2D eigenvalue weighted by Crippen LogP contribution is -2.20. The normalized spacial score (nSPS) is 10.2. The minimum absolute atomic E-state index is 0.926. The van der Waals surface area contributed by atoms with Gasteiger partial charge in [-0.2, -0.15) is 0 Å². The molecule has 0 aliphatic heterocycles. The van der Waals surface area contributed by atoms with Gasteiger partial charge >= 0.3 is 0 Å². The van der Waals surface area contributed by atoms with E-state index in [9.17, 15) is 0 Å². The summed E-state index contributed by atoms with van der Waals surface area (Å²) in [7, 11) is 0. The molecule has 0 aromatic heterocycles. The second-order valence-electron chi connectivity index (χ2n) is 2.86. The van der Waals surface area contributed by atoms with Crippen LogP contribution >= 0.6 is 0 Å². The highest BCUT2D eigenvalue weighted by Gasteiger charge is 1.98. The van der Waals surface area contributed by atoms with Gasteiger partial charge in [0.1, 0.15) is 0 Å². The minimum Gasteiger partial charge on any atom is -0.292 e. The van der Waals surface area contributed by atoms with Gasteiger partial charge in [-0.15, -0.1) is 13.2 Å². The first kappa shape index (κ1) is 11.4. The van der Waals surface area contributed by atoms with Crippen LogP contribution in [0.15, 0.2) is 25.3 Å². The first-order valence-corrected chi connectivity index (χ1v) is 4.64. The highest BCUT2D eigenvalue weighted by molar-refractivity contribution is 4.83. The van der Waals surface area contributed by atoms with Crippen LogP contribution < -0.4 is 0 Å². The van der Waals surface area contributed by atoms with E-state index in [0.29, 0.717) is 0 Å². The summed E-state index contributed by atoms with van der Waals surface area (Å²) in [6.45, 7) is 13.7. The Hall–Kier alpha value is -0.560. The van der Waals surface area contributed by atoms with Crippen LogP contribution in [0.4, 0.5) is 0 Å². The molecule has 0 saturated carbocycles. The van der Waals surface area contributed by atoms with Crippen molar-refractivity contribution in [2.24, 2.45) is 0 Å². The predicted molar refractivity (Wildman–Crippen MR) is 55.8 cm³/mol. The molecule has 0 bridgehead atoms. The van der Waals surface area contributed by atoms with Crippen molar-refractivity contribution in [3.8, 4) is 0 Å². The van der Waals surface area contributed by atoms with Crippen molar-refractivity contribution in [3.05, 3.63) is 31.9 Å². The van der Waals surface area contributed by atoms with E-state index in [0.717, 1.165) is 19.5 Å². The Kier molecular flexibility index (Phi) is 8.14. The number of hydrogen-bond acceptors (Lipinski definition) is 1. The Morgan fingerprint density at radius 2 is 1.75 bits per heavy atom. The Labute approximate surface area is 76.8 Å². The van der Waals surface area contributed by atoms with Crippen molar-refractivity contribution >= 4 is 0 Å². The maximum absolute atomic E-state index is 3.72. The summed E-state index contributed by atoms with van der Waals surface area (Å²) in [5.41, 5.74) is 0. The van der Waals surface area contributed by atoms with E-state index in [-0.39, 0.29) is 0 Å². The Morgan fingerprint density at radius 3 is 2.17 bits per heavy atom. The average Bonchev–Trinajstić information content (AvgIpc) is 2.06. The Morgan fingerprint density at radius 1 is 1.17 bits per heavy atom. The molecule has 12 heavy (non-hydrogen) atoms. The molecule has 0 atom stereocenters. The number of unbranched alkanes of at least 4 members (excludes halogenated alkanes) is 2. The summed E-state index contributed by atoms with van der Waals surface area (Å²) in [6.07, 6.45) is 7.54. The average molecular weight is 166 g/mol. The maximum Gasteiger partial charge on any atom is 0.0258 e. The summed E-state index contributed by atoms with van der Waals surface area (Å²) in [6, 6.07) is 0. The lowest BCUT2D eigenvalue weighted by Gasteiger charge is -2.17. The zero-order chi connectivity index (χ0) is 9.23. The number of nitrogens with zero attached hydrogens (tertiary/aromatic N) is 1. The molecule has 0 aliphatic carbocycles. The van der Waals surface area contributed by atoms with Crippen LogP contribution in [0.1, 0.15) is 26.2 Å². The fourth-order valence-corrected chi connectivity index (χ4v) is 1.03. The van der Waals surface area contributed by atoms with Crippen LogP contribution in [0.2, 0.25) is 0 Å². The summed E-state index contributed by atoms with van der Waals surface area (Å²) < 4.78 is 0. The van der Waals surface area contributed by atoms with E-state index in [1.807, 2.05) is 12.2 Å². The number of rotatable bonds is 8. The standard InChI is InChI=1S/C11H20N/c1-4-7-8-11-12(9-5-2)10-6-3/h5-6,11H,2-4,7-10H2,1H3. The number of hydrogen-bond donors (Lipinski definition) is 0. The van der Waals surface area contributed by atoms with Gasteiger partial charge in [-0.05, 0) is 6.42 Å². The van der Waals surface area contributed by atoms with Crippen molar-refractivity contribution in [3.63, 3.8) is 0 Å². The van der Waals surface area contributed by atoms with Crippen LogP contribution in [0.3, 0.4) is 0 Å². The molecule has 0 amide bonds. The minimum atomic E-state index is 0.926. The summed E-state index contributed by atoms with van der Waals surface area (Å²) in [4.78, 5) is 2.23. The van der Waals surface area contributed by atoms with Crippen LogP contribution in [-0.2, 0) is 0 Å². The van der Waals surface area contributed by atoms with Crippen molar-refractivity contribution < 1.29 is 0 Å². The molecule has 0 fully saturated rings. The van der Waals surface area contributed by atoms with E-state index in [1.165, 1.54) is 12.8 Å². The molecular formula is C11H20N. The second kappa shape index (κ2) is 8.54. The summed E-state index contributed by atoms with van der Waals surface area (Å²) in [5.74, 6) is 0. The molecule has 0 rings (SSSR count). The molecular weight excluding hydrogens is 146 g/mol. The van der Waals surface area contributed by atoms with Gasteiger partial charge in [-0.25, -0.2) is 0 Å². The van der Waals surface area contributed by atoms with Crippen LogP contribution in [-0.4, -0.2) is 18.0 Å². The van der Waals surface area contributed by atoms with Crippen molar-refractivity contribution in [1.82, 2.24) is 4.90 Å². The predicted octanol–water partition coefficient (Wildman–Crippen LogP) is 3.01. The molecule has 1 heteroatoms. The molecule has 0 spiro atoms. The Bertz CT molecular complexity index is 108. The van der Waals surface area contributed by atoms with E-state index in [4.69, 9.17) is 0 Å². The fourth-order valence-electron chi connectivity index (χ4n) is 1.03. The first-order chi connectivity index (χ1) is 5.85. The molecule has 0 aliphatic rings.